The number of para-hydroxylation sites is 1. The number of aromatic nitrogens is 2. The van der Waals surface area contributed by atoms with Gasteiger partial charge in [-0.15, -0.1) is 0 Å². The quantitative estimate of drug-likeness (QED) is 0.831. The molecule has 2 rings (SSSR count). The zero-order valence-electron chi connectivity index (χ0n) is 7.29. The number of rotatable bonds is 1. The smallest absolute Gasteiger partial charge is 0.201 e. The number of hydrogen-bond acceptors (Lipinski definition) is 2. The lowest BCUT2D eigenvalue weighted by Gasteiger charge is -2.02. The molecule has 0 aliphatic rings. The third kappa shape index (κ3) is 1.21. The van der Waals surface area contributed by atoms with Crippen LogP contribution in [0, 0.1) is 0 Å². The van der Waals surface area contributed by atoms with Gasteiger partial charge < -0.3 is 10.3 Å². The van der Waals surface area contributed by atoms with Gasteiger partial charge in [-0.1, -0.05) is 6.07 Å². The predicted octanol–water partition coefficient (Wildman–Crippen LogP) is 2.40. The van der Waals surface area contributed by atoms with Gasteiger partial charge in [0.15, 0.2) is 0 Å². The summed E-state index contributed by atoms with van der Waals surface area (Å²) in [5.41, 5.74) is 7.77. The van der Waals surface area contributed by atoms with Crippen molar-refractivity contribution in [2.45, 2.75) is 13.5 Å². The Morgan fingerprint density at radius 2 is 2.31 bits per heavy atom. The van der Waals surface area contributed by atoms with Crippen LogP contribution in [0.15, 0.2) is 22.7 Å². The molecule has 0 amide bonds. The van der Waals surface area contributed by atoms with Crippen molar-refractivity contribution in [3.05, 3.63) is 22.7 Å². The van der Waals surface area contributed by atoms with Crippen molar-refractivity contribution in [2.24, 2.45) is 0 Å². The van der Waals surface area contributed by atoms with E-state index >= 15 is 0 Å². The van der Waals surface area contributed by atoms with Crippen molar-refractivity contribution in [1.82, 2.24) is 9.55 Å². The van der Waals surface area contributed by atoms with Gasteiger partial charge in [0.05, 0.1) is 11.0 Å². The topological polar surface area (TPSA) is 43.8 Å². The lowest BCUT2D eigenvalue weighted by Crippen LogP contribution is -2.00. The summed E-state index contributed by atoms with van der Waals surface area (Å²) in [4.78, 5) is 4.26. The van der Waals surface area contributed by atoms with Crippen molar-refractivity contribution in [3.8, 4) is 0 Å². The van der Waals surface area contributed by atoms with Crippen LogP contribution in [0.3, 0.4) is 0 Å². The molecule has 0 atom stereocenters. The Morgan fingerprint density at radius 3 is 3.00 bits per heavy atom. The molecule has 4 heteroatoms. The number of imidazole rings is 1. The van der Waals surface area contributed by atoms with Crippen LogP contribution < -0.4 is 5.73 Å². The molecular formula is C9H10BrN3. The highest BCUT2D eigenvalue weighted by atomic mass is 79.9. The van der Waals surface area contributed by atoms with Gasteiger partial charge in [0.2, 0.25) is 5.95 Å². The van der Waals surface area contributed by atoms with E-state index in [9.17, 15) is 0 Å². The van der Waals surface area contributed by atoms with E-state index in [4.69, 9.17) is 5.73 Å². The first kappa shape index (κ1) is 8.56. The summed E-state index contributed by atoms with van der Waals surface area (Å²) in [6.45, 7) is 2.89. The highest BCUT2D eigenvalue weighted by Crippen LogP contribution is 2.25. The summed E-state index contributed by atoms with van der Waals surface area (Å²) in [5, 5.41) is 0. The van der Waals surface area contributed by atoms with Crippen LogP contribution in [-0.2, 0) is 6.54 Å². The largest absolute Gasteiger partial charge is 0.369 e. The van der Waals surface area contributed by atoms with Gasteiger partial charge in [-0.3, -0.25) is 0 Å². The summed E-state index contributed by atoms with van der Waals surface area (Å²) >= 11 is 3.49. The van der Waals surface area contributed by atoms with E-state index in [0.29, 0.717) is 5.95 Å². The molecule has 0 fully saturated rings. The van der Waals surface area contributed by atoms with Gasteiger partial charge in [-0.25, -0.2) is 4.98 Å². The third-order valence-corrected chi connectivity index (χ3v) is 2.70. The Labute approximate surface area is 84.7 Å². The summed E-state index contributed by atoms with van der Waals surface area (Å²) < 4.78 is 3.02. The first-order valence-corrected chi connectivity index (χ1v) is 4.93. The average molecular weight is 240 g/mol. The van der Waals surface area contributed by atoms with Gasteiger partial charge >= 0.3 is 0 Å². The Hall–Kier alpha value is -1.03. The zero-order valence-corrected chi connectivity index (χ0v) is 8.87. The SMILES string of the molecule is CCn1c(N)nc2cccc(Br)c21. The minimum absolute atomic E-state index is 0.574. The average Bonchev–Trinajstić information content (AvgIpc) is 2.42. The molecule has 1 heterocycles. The van der Waals surface area contributed by atoms with Crippen molar-refractivity contribution in [1.29, 1.82) is 0 Å². The lowest BCUT2D eigenvalue weighted by molar-refractivity contribution is 0.799. The fourth-order valence-corrected chi connectivity index (χ4v) is 2.05. The second-order valence-corrected chi connectivity index (χ2v) is 3.68. The summed E-state index contributed by atoms with van der Waals surface area (Å²) in [5.74, 6) is 0.574. The first-order chi connectivity index (χ1) is 6.24. The summed E-state index contributed by atoms with van der Waals surface area (Å²) in [7, 11) is 0. The number of anilines is 1. The minimum Gasteiger partial charge on any atom is -0.369 e. The van der Waals surface area contributed by atoms with Gasteiger partial charge in [0.25, 0.3) is 0 Å². The fourth-order valence-electron chi connectivity index (χ4n) is 1.48. The number of fused-ring (bicyclic) bond motifs is 1. The molecule has 13 heavy (non-hydrogen) atoms. The molecule has 1 aromatic heterocycles. The highest BCUT2D eigenvalue weighted by Gasteiger charge is 2.08. The van der Waals surface area contributed by atoms with E-state index in [0.717, 1.165) is 22.1 Å². The summed E-state index contributed by atoms with van der Waals surface area (Å²) in [6, 6.07) is 5.91. The molecule has 0 aliphatic carbocycles. The van der Waals surface area contributed by atoms with E-state index in [1.807, 2.05) is 22.8 Å². The predicted molar refractivity (Wildman–Crippen MR) is 57.5 cm³/mol. The van der Waals surface area contributed by atoms with Crippen molar-refractivity contribution in [2.75, 3.05) is 5.73 Å². The molecular weight excluding hydrogens is 230 g/mol. The molecule has 0 saturated heterocycles. The number of nitrogens with two attached hydrogens (primary N) is 1. The van der Waals surface area contributed by atoms with Crippen molar-refractivity contribution in [3.63, 3.8) is 0 Å². The van der Waals surface area contributed by atoms with Crippen LogP contribution in [0.1, 0.15) is 6.92 Å². The Balaban J connectivity index is 2.88. The van der Waals surface area contributed by atoms with Gasteiger partial charge in [0.1, 0.15) is 0 Å². The second-order valence-electron chi connectivity index (χ2n) is 2.82. The maximum atomic E-state index is 5.76. The van der Waals surface area contributed by atoms with E-state index in [2.05, 4.69) is 27.8 Å². The molecule has 0 bridgehead atoms. The number of nitrogen functional groups attached to an aromatic ring is 1. The van der Waals surface area contributed by atoms with Crippen LogP contribution in [0.2, 0.25) is 0 Å². The normalized spacial score (nSPS) is 10.9. The van der Waals surface area contributed by atoms with Crippen molar-refractivity contribution >= 4 is 32.9 Å². The maximum absolute atomic E-state index is 5.76. The van der Waals surface area contributed by atoms with Crippen LogP contribution in [0.25, 0.3) is 11.0 Å². The molecule has 2 N–H and O–H groups in total. The molecule has 2 aromatic rings. The summed E-state index contributed by atoms with van der Waals surface area (Å²) in [6.07, 6.45) is 0. The molecule has 68 valence electrons. The molecule has 0 aliphatic heterocycles. The zero-order chi connectivity index (χ0) is 9.42. The third-order valence-electron chi connectivity index (χ3n) is 2.06. The van der Waals surface area contributed by atoms with E-state index in [-0.39, 0.29) is 0 Å². The van der Waals surface area contributed by atoms with Crippen molar-refractivity contribution < 1.29 is 0 Å². The van der Waals surface area contributed by atoms with E-state index in [1.165, 1.54) is 0 Å². The monoisotopic (exact) mass is 239 g/mol. The van der Waals surface area contributed by atoms with Crippen LogP contribution in [0.4, 0.5) is 5.95 Å². The molecule has 0 radical (unpaired) electrons. The van der Waals surface area contributed by atoms with Gasteiger partial charge in [0, 0.05) is 11.0 Å². The number of halogens is 1. The molecule has 0 saturated carbocycles. The molecule has 0 spiro atoms. The van der Waals surface area contributed by atoms with Crippen LogP contribution in [0.5, 0.6) is 0 Å². The molecule has 1 aromatic carbocycles. The minimum atomic E-state index is 0.574. The second kappa shape index (κ2) is 3.03. The van der Waals surface area contributed by atoms with Gasteiger partial charge in [-0.2, -0.15) is 0 Å². The Bertz CT molecular complexity index is 447. The number of aryl methyl sites for hydroxylation is 1. The van der Waals surface area contributed by atoms with E-state index < -0.39 is 0 Å². The Kier molecular flexibility index (Phi) is 2.00. The van der Waals surface area contributed by atoms with Crippen LogP contribution in [-0.4, -0.2) is 9.55 Å². The Morgan fingerprint density at radius 1 is 1.54 bits per heavy atom. The van der Waals surface area contributed by atoms with E-state index in [1.54, 1.807) is 0 Å². The maximum Gasteiger partial charge on any atom is 0.201 e. The first-order valence-electron chi connectivity index (χ1n) is 4.14. The highest BCUT2D eigenvalue weighted by molar-refractivity contribution is 9.10. The lowest BCUT2D eigenvalue weighted by atomic mass is 10.3. The number of benzene rings is 1. The van der Waals surface area contributed by atoms with Crippen LogP contribution >= 0.6 is 15.9 Å². The molecule has 0 unspecified atom stereocenters. The fraction of sp³-hybridized carbons (Fsp3) is 0.222. The van der Waals surface area contributed by atoms with Gasteiger partial charge in [-0.05, 0) is 35.0 Å². The number of hydrogen-bond donors (Lipinski definition) is 1. The molecule has 3 nitrogen and oxygen atoms in total. The number of nitrogens with zero attached hydrogens (tertiary/aromatic N) is 2. The standard InChI is InChI=1S/C9H10BrN3/c1-2-13-8-6(10)4-3-5-7(8)12-9(13)11/h3-5H,2H2,1H3,(H2,11,12).